The van der Waals surface area contributed by atoms with E-state index in [1.54, 1.807) is 17.2 Å². The zero-order valence-corrected chi connectivity index (χ0v) is 18.7. The van der Waals surface area contributed by atoms with Gasteiger partial charge in [0.05, 0.1) is 18.1 Å². The SMILES string of the molecule is Cc1ccc(-n2cnc(C3CC3CNc3nccc(N4C(=O)NC[C@@H]4C(C)C)n3)c2)cc1. The van der Waals surface area contributed by atoms with E-state index in [0.29, 0.717) is 36.1 Å². The van der Waals surface area contributed by atoms with Crippen molar-refractivity contribution in [3.8, 4) is 5.69 Å². The number of nitrogens with one attached hydrogen (secondary N) is 2. The van der Waals surface area contributed by atoms with E-state index in [9.17, 15) is 4.79 Å². The Morgan fingerprint density at radius 3 is 2.78 bits per heavy atom. The minimum Gasteiger partial charge on any atom is -0.354 e. The zero-order chi connectivity index (χ0) is 22.2. The quantitative estimate of drug-likeness (QED) is 0.595. The van der Waals surface area contributed by atoms with E-state index in [4.69, 9.17) is 0 Å². The van der Waals surface area contributed by atoms with Crippen LogP contribution in [0.1, 0.15) is 37.4 Å². The minimum atomic E-state index is -0.0974. The number of imidazole rings is 1. The van der Waals surface area contributed by atoms with Crippen molar-refractivity contribution in [2.24, 2.45) is 11.8 Å². The third-order valence-corrected chi connectivity index (χ3v) is 6.43. The summed E-state index contributed by atoms with van der Waals surface area (Å²) in [6.07, 6.45) is 6.83. The smallest absolute Gasteiger partial charge is 0.323 e. The highest BCUT2D eigenvalue weighted by molar-refractivity contribution is 5.94. The summed E-state index contributed by atoms with van der Waals surface area (Å²) in [6.45, 7) is 7.75. The minimum absolute atomic E-state index is 0.0974. The van der Waals surface area contributed by atoms with E-state index < -0.39 is 0 Å². The molecule has 2 aliphatic rings. The van der Waals surface area contributed by atoms with Gasteiger partial charge < -0.3 is 15.2 Å². The van der Waals surface area contributed by atoms with Crippen LogP contribution in [0.3, 0.4) is 0 Å². The predicted molar refractivity (Wildman–Crippen MR) is 124 cm³/mol. The van der Waals surface area contributed by atoms with Gasteiger partial charge in [0.1, 0.15) is 5.82 Å². The maximum atomic E-state index is 12.3. The number of rotatable bonds is 7. The first-order valence-electron chi connectivity index (χ1n) is 11.2. The molecule has 2 amide bonds. The van der Waals surface area contributed by atoms with Crippen LogP contribution in [0.5, 0.6) is 0 Å². The maximum absolute atomic E-state index is 12.3. The Bertz CT molecular complexity index is 1110. The van der Waals surface area contributed by atoms with Gasteiger partial charge >= 0.3 is 6.03 Å². The summed E-state index contributed by atoms with van der Waals surface area (Å²) in [5.74, 6) is 2.49. The molecule has 2 N–H and O–H groups in total. The lowest BCUT2D eigenvalue weighted by molar-refractivity contribution is 0.251. The van der Waals surface area contributed by atoms with Crippen LogP contribution in [0.25, 0.3) is 5.69 Å². The highest BCUT2D eigenvalue weighted by atomic mass is 16.2. The van der Waals surface area contributed by atoms with E-state index in [1.807, 2.05) is 6.33 Å². The van der Waals surface area contributed by atoms with E-state index >= 15 is 0 Å². The summed E-state index contributed by atoms with van der Waals surface area (Å²) in [5.41, 5.74) is 3.50. The lowest BCUT2D eigenvalue weighted by Gasteiger charge is -2.25. The number of nitrogens with zero attached hydrogens (tertiary/aromatic N) is 5. The molecule has 1 aromatic carbocycles. The van der Waals surface area contributed by atoms with Crippen LogP contribution in [0.15, 0.2) is 49.1 Å². The molecule has 3 heterocycles. The van der Waals surface area contributed by atoms with Gasteiger partial charge in [0, 0.05) is 37.1 Å². The second-order valence-corrected chi connectivity index (χ2v) is 9.13. The van der Waals surface area contributed by atoms with Crippen molar-refractivity contribution in [1.29, 1.82) is 0 Å². The number of aromatic nitrogens is 4. The first kappa shape index (κ1) is 20.5. The Morgan fingerprint density at radius 2 is 2.00 bits per heavy atom. The summed E-state index contributed by atoms with van der Waals surface area (Å²) in [5, 5.41) is 6.28. The normalized spacial score (nSPS) is 22.3. The summed E-state index contributed by atoms with van der Waals surface area (Å²) in [4.78, 5) is 27.7. The molecule has 32 heavy (non-hydrogen) atoms. The van der Waals surface area contributed by atoms with E-state index in [0.717, 1.165) is 24.3 Å². The molecule has 8 heteroatoms. The molecule has 2 aromatic heterocycles. The maximum Gasteiger partial charge on any atom is 0.323 e. The number of carbonyl (C=O) groups is 1. The highest BCUT2D eigenvalue weighted by Crippen LogP contribution is 2.46. The largest absolute Gasteiger partial charge is 0.354 e. The number of amides is 2. The summed E-state index contributed by atoms with van der Waals surface area (Å²) in [7, 11) is 0. The monoisotopic (exact) mass is 431 g/mol. The summed E-state index contributed by atoms with van der Waals surface area (Å²) < 4.78 is 2.08. The molecule has 8 nitrogen and oxygen atoms in total. The number of carbonyl (C=O) groups excluding carboxylic acids is 1. The van der Waals surface area contributed by atoms with Crippen LogP contribution in [-0.2, 0) is 0 Å². The molecule has 1 saturated carbocycles. The highest BCUT2D eigenvalue weighted by Gasteiger charge is 2.40. The first-order valence-corrected chi connectivity index (χ1v) is 11.2. The standard InChI is InChI=1S/C24H29N7O/c1-15(2)21-12-27-24(32)31(21)22-8-9-25-23(29-22)26-11-17-10-19(17)20-13-30(14-28-20)18-6-4-16(3)5-7-18/h4-9,13-15,17,19,21H,10-12H2,1-3H3,(H,27,32)(H,25,26,29)/t17?,19?,21-/m1/s1. The van der Waals surface area contributed by atoms with Crippen LogP contribution in [0.2, 0.25) is 0 Å². The number of urea groups is 1. The van der Waals surface area contributed by atoms with Crippen LogP contribution in [0.4, 0.5) is 16.6 Å². The van der Waals surface area contributed by atoms with Gasteiger partial charge in [-0.3, -0.25) is 4.90 Å². The van der Waals surface area contributed by atoms with Crippen molar-refractivity contribution in [1.82, 2.24) is 24.8 Å². The fourth-order valence-corrected chi connectivity index (χ4v) is 4.34. The molecule has 1 aliphatic heterocycles. The van der Waals surface area contributed by atoms with Crippen molar-refractivity contribution < 1.29 is 4.79 Å². The second kappa shape index (κ2) is 8.26. The molecular formula is C24H29N7O. The molecule has 1 aliphatic carbocycles. The first-order chi connectivity index (χ1) is 15.5. The zero-order valence-electron chi connectivity index (χ0n) is 18.7. The van der Waals surface area contributed by atoms with Gasteiger partial charge in [-0.1, -0.05) is 31.5 Å². The van der Waals surface area contributed by atoms with Gasteiger partial charge in [0.25, 0.3) is 0 Å². The lowest BCUT2D eigenvalue weighted by atomic mass is 10.0. The molecule has 2 unspecified atom stereocenters. The average molecular weight is 432 g/mol. The van der Waals surface area contributed by atoms with E-state index in [2.05, 4.69) is 81.4 Å². The van der Waals surface area contributed by atoms with Gasteiger partial charge in [-0.25, -0.2) is 14.8 Å². The molecular weight excluding hydrogens is 402 g/mol. The number of aryl methyl sites for hydroxylation is 1. The number of hydrogen-bond donors (Lipinski definition) is 2. The van der Waals surface area contributed by atoms with Crippen LogP contribution in [0, 0.1) is 18.8 Å². The van der Waals surface area contributed by atoms with Crippen LogP contribution >= 0.6 is 0 Å². The lowest BCUT2D eigenvalue weighted by Crippen LogP contribution is -2.38. The van der Waals surface area contributed by atoms with Crippen molar-refractivity contribution in [3.05, 3.63) is 60.3 Å². The van der Waals surface area contributed by atoms with Crippen molar-refractivity contribution in [3.63, 3.8) is 0 Å². The Morgan fingerprint density at radius 1 is 1.19 bits per heavy atom. The molecule has 0 radical (unpaired) electrons. The second-order valence-electron chi connectivity index (χ2n) is 9.13. The van der Waals surface area contributed by atoms with Crippen molar-refractivity contribution >= 4 is 17.8 Å². The Balaban J connectivity index is 1.20. The molecule has 0 bridgehead atoms. The number of anilines is 2. The topological polar surface area (TPSA) is 88.0 Å². The van der Waals surface area contributed by atoms with Crippen LogP contribution in [-0.4, -0.2) is 44.7 Å². The Labute approximate surface area is 188 Å². The number of hydrogen-bond acceptors (Lipinski definition) is 5. The Hall–Kier alpha value is -3.42. The average Bonchev–Trinajstić information content (AvgIpc) is 3.20. The van der Waals surface area contributed by atoms with Crippen molar-refractivity contribution in [2.75, 3.05) is 23.3 Å². The molecule has 0 spiro atoms. The van der Waals surface area contributed by atoms with E-state index in [1.165, 1.54) is 5.56 Å². The van der Waals surface area contributed by atoms with Crippen LogP contribution < -0.4 is 15.5 Å². The van der Waals surface area contributed by atoms with Crippen molar-refractivity contribution in [2.45, 2.75) is 39.2 Å². The van der Waals surface area contributed by atoms with Gasteiger partial charge in [0.15, 0.2) is 0 Å². The van der Waals surface area contributed by atoms with Gasteiger partial charge in [0.2, 0.25) is 5.95 Å². The molecule has 3 atom stereocenters. The summed E-state index contributed by atoms with van der Waals surface area (Å²) in [6, 6.07) is 10.2. The van der Waals surface area contributed by atoms with Gasteiger partial charge in [-0.05, 0) is 43.4 Å². The predicted octanol–water partition coefficient (Wildman–Crippen LogP) is 3.74. The Kier molecular flexibility index (Phi) is 5.28. The summed E-state index contributed by atoms with van der Waals surface area (Å²) >= 11 is 0. The van der Waals surface area contributed by atoms with E-state index in [-0.39, 0.29) is 12.1 Å². The fourth-order valence-electron chi connectivity index (χ4n) is 4.34. The van der Waals surface area contributed by atoms with Gasteiger partial charge in [-0.15, -0.1) is 0 Å². The third kappa shape index (κ3) is 4.04. The number of benzene rings is 1. The molecule has 3 aromatic rings. The molecule has 2 fully saturated rings. The molecule has 166 valence electrons. The third-order valence-electron chi connectivity index (χ3n) is 6.43. The molecule has 1 saturated heterocycles. The fraction of sp³-hybridized carbons (Fsp3) is 0.417. The van der Waals surface area contributed by atoms with Gasteiger partial charge in [-0.2, -0.15) is 4.98 Å². The molecule has 5 rings (SSSR count).